The third-order valence-electron chi connectivity index (χ3n) is 4.82. The minimum Gasteiger partial charge on any atom is -0.336 e. The van der Waals surface area contributed by atoms with Crippen molar-refractivity contribution in [3.63, 3.8) is 0 Å². The van der Waals surface area contributed by atoms with Gasteiger partial charge in [0.25, 0.3) is 5.91 Å². The first-order valence-electron chi connectivity index (χ1n) is 8.51. The second-order valence-electron chi connectivity index (χ2n) is 6.87. The van der Waals surface area contributed by atoms with Gasteiger partial charge in [-0.1, -0.05) is 0 Å². The van der Waals surface area contributed by atoms with Gasteiger partial charge in [-0.3, -0.25) is 4.79 Å². The van der Waals surface area contributed by atoms with E-state index in [4.69, 9.17) is 4.98 Å². The van der Waals surface area contributed by atoms with Crippen molar-refractivity contribution in [2.24, 2.45) is 0 Å². The van der Waals surface area contributed by atoms with Gasteiger partial charge in [0, 0.05) is 23.2 Å². The third-order valence-corrected chi connectivity index (χ3v) is 7.00. The Bertz CT molecular complexity index is 969. The largest absolute Gasteiger partial charge is 0.336 e. The van der Waals surface area contributed by atoms with Crippen molar-refractivity contribution in [2.75, 3.05) is 7.05 Å². The molecule has 1 amide bonds. The normalized spacial score (nSPS) is 14.2. The first kappa shape index (κ1) is 16.7. The fraction of sp³-hybridized carbons (Fsp3) is 0.421. The number of hydrogen-bond acceptors (Lipinski definition) is 5. The molecule has 0 aliphatic heterocycles. The van der Waals surface area contributed by atoms with Crippen LogP contribution in [0.3, 0.4) is 0 Å². The summed E-state index contributed by atoms with van der Waals surface area (Å²) in [6.45, 7) is 6.78. The summed E-state index contributed by atoms with van der Waals surface area (Å²) in [5.74, 6) is 1.54. The molecule has 0 atom stereocenters. The number of nitrogens with zero attached hydrogens (tertiary/aromatic N) is 3. The Hall–Kier alpha value is -1.79. The van der Waals surface area contributed by atoms with Crippen LogP contribution in [0.25, 0.3) is 10.2 Å². The van der Waals surface area contributed by atoms with Gasteiger partial charge in [-0.05, 0) is 56.2 Å². The number of hydrogen-bond donors (Lipinski definition) is 0. The lowest BCUT2D eigenvalue weighted by Crippen LogP contribution is -2.25. The Morgan fingerprint density at radius 2 is 2.04 bits per heavy atom. The van der Waals surface area contributed by atoms with Crippen LogP contribution in [-0.4, -0.2) is 27.8 Å². The summed E-state index contributed by atoms with van der Waals surface area (Å²) in [5, 5.41) is 3.13. The zero-order valence-electron chi connectivity index (χ0n) is 14.9. The molecule has 0 radical (unpaired) electrons. The van der Waals surface area contributed by atoms with Gasteiger partial charge in [-0.15, -0.1) is 22.7 Å². The third kappa shape index (κ3) is 2.98. The van der Waals surface area contributed by atoms with Crippen molar-refractivity contribution in [1.29, 1.82) is 0 Å². The molecule has 1 aliphatic rings. The van der Waals surface area contributed by atoms with Gasteiger partial charge in [-0.25, -0.2) is 9.97 Å². The summed E-state index contributed by atoms with van der Waals surface area (Å²) in [6.07, 6.45) is 2.37. The minimum atomic E-state index is 0.0701. The van der Waals surface area contributed by atoms with Gasteiger partial charge in [0.05, 0.1) is 17.1 Å². The van der Waals surface area contributed by atoms with E-state index in [1.807, 2.05) is 20.9 Å². The van der Waals surface area contributed by atoms with Gasteiger partial charge in [0.1, 0.15) is 10.7 Å². The predicted molar refractivity (Wildman–Crippen MR) is 104 cm³/mol. The number of fused-ring (bicyclic) bond motifs is 1. The summed E-state index contributed by atoms with van der Waals surface area (Å²) in [7, 11) is 1.87. The quantitative estimate of drug-likeness (QED) is 0.660. The van der Waals surface area contributed by atoms with Crippen LogP contribution < -0.4 is 0 Å². The molecule has 1 fully saturated rings. The maximum atomic E-state index is 13.0. The number of carbonyl (C=O) groups excluding carboxylic acids is 1. The van der Waals surface area contributed by atoms with Crippen molar-refractivity contribution in [2.45, 2.75) is 46.1 Å². The highest BCUT2D eigenvalue weighted by Crippen LogP contribution is 2.40. The maximum absolute atomic E-state index is 13.0. The second-order valence-corrected chi connectivity index (χ2v) is 8.87. The van der Waals surface area contributed by atoms with Gasteiger partial charge in [0.15, 0.2) is 0 Å². The SMILES string of the molecule is Cc1ccsc1CN(C)C(=O)c1sc2nc(C3CC3)nc(C)c2c1C. The highest BCUT2D eigenvalue weighted by Gasteiger charge is 2.29. The molecule has 3 aromatic rings. The first-order chi connectivity index (χ1) is 12.0. The molecule has 25 heavy (non-hydrogen) atoms. The summed E-state index contributed by atoms with van der Waals surface area (Å²) >= 11 is 3.21. The molecule has 3 aromatic heterocycles. The number of aryl methyl sites for hydroxylation is 3. The Morgan fingerprint density at radius 1 is 1.28 bits per heavy atom. The van der Waals surface area contributed by atoms with Gasteiger partial charge >= 0.3 is 0 Å². The van der Waals surface area contributed by atoms with Crippen LogP contribution in [0.4, 0.5) is 0 Å². The van der Waals surface area contributed by atoms with Crippen LogP contribution in [0.5, 0.6) is 0 Å². The Morgan fingerprint density at radius 3 is 2.68 bits per heavy atom. The number of rotatable bonds is 4. The van der Waals surface area contributed by atoms with Crippen molar-refractivity contribution in [3.8, 4) is 0 Å². The predicted octanol–water partition coefficient (Wildman–Crippen LogP) is 4.83. The Labute approximate surface area is 155 Å². The Kier molecular flexibility index (Phi) is 4.12. The lowest BCUT2D eigenvalue weighted by Gasteiger charge is -2.16. The summed E-state index contributed by atoms with van der Waals surface area (Å²) < 4.78 is 0. The lowest BCUT2D eigenvalue weighted by atomic mass is 10.1. The standard InChI is InChI=1S/C19H21N3OS2/c1-10-7-8-24-14(10)9-22(4)19(23)16-11(2)15-12(3)20-17(13-5-6-13)21-18(15)25-16/h7-8,13H,5-6,9H2,1-4H3. The number of aromatic nitrogens is 2. The zero-order valence-corrected chi connectivity index (χ0v) is 16.6. The molecule has 3 heterocycles. The fourth-order valence-electron chi connectivity index (χ4n) is 3.11. The van der Waals surface area contributed by atoms with E-state index in [1.165, 1.54) is 34.6 Å². The summed E-state index contributed by atoms with van der Waals surface area (Å²) in [5.41, 5.74) is 3.25. The molecule has 0 spiro atoms. The van der Waals surface area contributed by atoms with Crippen molar-refractivity contribution < 1.29 is 4.79 Å². The second kappa shape index (κ2) is 6.18. The highest BCUT2D eigenvalue weighted by molar-refractivity contribution is 7.20. The van der Waals surface area contributed by atoms with E-state index in [0.717, 1.165) is 32.2 Å². The van der Waals surface area contributed by atoms with Crippen LogP contribution >= 0.6 is 22.7 Å². The number of thiophene rings is 2. The van der Waals surface area contributed by atoms with Gasteiger partial charge in [-0.2, -0.15) is 0 Å². The van der Waals surface area contributed by atoms with E-state index in [9.17, 15) is 4.79 Å². The van der Waals surface area contributed by atoms with Crippen LogP contribution in [0, 0.1) is 20.8 Å². The molecular weight excluding hydrogens is 350 g/mol. The van der Waals surface area contributed by atoms with E-state index < -0.39 is 0 Å². The molecule has 4 nitrogen and oxygen atoms in total. The minimum absolute atomic E-state index is 0.0701. The fourth-order valence-corrected chi connectivity index (χ4v) is 5.31. The molecule has 0 aromatic carbocycles. The van der Waals surface area contributed by atoms with Crippen LogP contribution in [0.1, 0.15) is 56.0 Å². The molecule has 0 unspecified atom stereocenters. The van der Waals surface area contributed by atoms with E-state index in [0.29, 0.717) is 12.5 Å². The molecule has 0 bridgehead atoms. The molecule has 130 valence electrons. The van der Waals surface area contributed by atoms with E-state index in [-0.39, 0.29) is 5.91 Å². The smallest absolute Gasteiger partial charge is 0.264 e. The Balaban J connectivity index is 1.68. The molecule has 0 saturated heterocycles. The number of carbonyl (C=O) groups is 1. The monoisotopic (exact) mass is 371 g/mol. The average Bonchev–Trinajstić information content (AvgIpc) is 3.27. The first-order valence-corrected chi connectivity index (χ1v) is 10.2. The van der Waals surface area contributed by atoms with Crippen LogP contribution in [-0.2, 0) is 6.54 Å². The van der Waals surface area contributed by atoms with Crippen molar-refractivity contribution >= 4 is 38.8 Å². The van der Waals surface area contributed by atoms with Crippen molar-refractivity contribution in [3.05, 3.63) is 43.8 Å². The topological polar surface area (TPSA) is 46.1 Å². The lowest BCUT2D eigenvalue weighted by molar-refractivity contribution is 0.0790. The zero-order chi connectivity index (χ0) is 17.7. The van der Waals surface area contributed by atoms with Gasteiger partial charge in [0.2, 0.25) is 0 Å². The molecule has 4 rings (SSSR count). The molecule has 0 N–H and O–H groups in total. The summed E-state index contributed by atoms with van der Waals surface area (Å²) in [6, 6.07) is 2.10. The maximum Gasteiger partial charge on any atom is 0.264 e. The van der Waals surface area contributed by atoms with Crippen LogP contribution in [0.2, 0.25) is 0 Å². The van der Waals surface area contributed by atoms with Gasteiger partial charge < -0.3 is 4.90 Å². The molecule has 6 heteroatoms. The summed E-state index contributed by atoms with van der Waals surface area (Å²) in [4.78, 5) is 27.2. The van der Waals surface area contributed by atoms with Crippen molar-refractivity contribution in [1.82, 2.24) is 14.9 Å². The van der Waals surface area contributed by atoms with E-state index >= 15 is 0 Å². The molecular formula is C19H21N3OS2. The average molecular weight is 372 g/mol. The highest BCUT2D eigenvalue weighted by atomic mass is 32.1. The molecule has 1 aliphatic carbocycles. The number of amides is 1. The van der Waals surface area contributed by atoms with Crippen LogP contribution in [0.15, 0.2) is 11.4 Å². The molecule has 1 saturated carbocycles. The van der Waals surface area contributed by atoms with E-state index in [1.54, 1.807) is 16.2 Å². The van der Waals surface area contributed by atoms with E-state index in [2.05, 4.69) is 23.4 Å².